The van der Waals surface area contributed by atoms with Gasteiger partial charge in [0.05, 0.1) is 17.1 Å². The van der Waals surface area contributed by atoms with E-state index in [-0.39, 0.29) is 36.3 Å². The largest absolute Gasteiger partial charge is 0.492 e. The van der Waals surface area contributed by atoms with Crippen molar-refractivity contribution in [2.24, 2.45) is 0 Å². The lowest BCUT2D eigenvalue weighted by Crippen LogP contribution is -2.29. The molecule has 33 heavy (non-hydrogen) atoms. The highest BCUT2D eigenvalue weighted by atomic mass is 32.2. The summed E-state index contributed by atoms with van der Waals surface area (Å²) in [5.74, 6) is 1.50. The van der Waals surface area contributed by atoms with Crippen molar-refractivity contribution in [2.75, 3.05) is 24.7 Å². The van der Waals surface area contributed by atoms with E-state index in [1.807, 2.05) is 19.1 Å². The van der Waals surface area contributed by atoms with Gasteiger partial charge >= 0.3 is 0 Å². The minimum atomic E-state index is -3.85. The molecule has 0 unspecified atom stereocenters. The molecule has 0 saturated heterocycles. The lowest BCUT2D eigenvalue weighted by atomic mass is 10.1. The Morgan fingerprint density at radius 3 is 2.58 bits per heavy atom. The highest BCUT2D eigenvalue weighted by Gasteiger charge is 2.19. The van der Waals surface area contributed by atoms with Gasteiger partial charge in [-0.2, -0.15) is 0 Å². The van der Waals surface area contributed by atoms with Gasteiger partial charge in [-0.15, -0.1) is 0 Å². The van der Waals surface area contributed by atoms with E-state index in [1.54, 1.807) is 43.3 Å². The number of benzene rings is 3. The third-order valence-corrected chi connectivity index (χ3v) is 6.52. The molecule has 0 saturated carbocycles. The van der Waals surface area contributed by atoms with Crippen molar-refractivity contribution in [2.45, 2.75) is 18.7 Å². The molecule has 0 aliphatic carbocycles. The van der Waals surface area contributed by atoms with Crippen LogP contribution in [0.5, 0.6) is 17.2 Å². The molecule has 2 N–H and O–H groups in total. The Bertz CT molecular complexity index is 1290. The fourth-order valence-corrected chi connectivity index (χ4v) is 4.46. The molecule has 8 nitrogen and oxygen atoms in total. The van der Waals surface area contributed by atoms with Crippen LogP contribution in [-0.4, -0.2) is 34.3 Å². The minimum Gasteiger partial charge on any atom is -0.492 e. The van der Waals surface area contributed by atoms with Gasteiger partial charge in [-0.1, -0.05) is 24.3 Å². The number of ether oxygens (including phenoxy) is 3. The smallest absolute Gasteiger partial charge is 0.261 e. The number of aryl methyl sites for hydroxylation is 2. The second-order valence-electron chi connectivity index (χ2n) is 7.52. The van der Waals surface area contributed by atoms with Gasteiger partial charge < -0.3 is 19.5 Å². The monoisotopic (exact) mass is 468 g/mol. The maximum Gasteiger partial charge on any atom is 0.261 e. The Balaban J connectivity index is 1.38. The van der Waals surface area contributed by atoms with Gasteiger partial charge in [0, 0.05) is 11.6 Å². The normalized spacial score (nSPS) is 12.3. The van der Waals surface area contributed by atoms with Crippen LogP contribution in [0.3, 0.4) is 0 Å². The summed E-state index contributed by atoms with van der Waals surface area (Å²) in [5, 5.41) is 2.76. The van der Waals surface area contributed by atoms with Crippen LogP contribution in [0, 0.1) is 13.8 Å². The number of amides is 1. The fraction of sp³-hybridized carbons (Fsp3) is 0.208. The number of carbonyl (C=O) groups is 1. The first-order valence-electron chi connectivity index (χ1n) is 10.3. The van der Waals surface area contributed by atoms with E-state index in [1.165, 1.54) is 12.1 Å². The number of rotatable bonds is 8. The van der Waals surface area contributed by atoms with Crippen LogP contribution in [0.4, 0.5) is 5.69 Å². The van der Waals surface area contributed by atoms with Crippen LogP contribution in [0.25, 0.3) is 0 Å². The third-order valence-electron chi connectivity index (χ3n) is 5.15. The molecule has 0 spiro atoms. The molecule has 1 aliphatic heterocycles. The molecule has 1 aliphatic rings. The van der Waals surface area contributed by atoms with E-state index in [9.17, 15) is 13.2 Å². The summed E-state index contributed by atoms with van der Waals surface area (Å²) in [4.78, 5) is 12.7. The van der Waals surface area contributed by atoms with Crippen molar-refractivity contribution < 1.29 is 27.4 Å². The molecule has 1 heterocycles. The topological polar surface area (TPSA) is 103 Å². The molecular weight excluding hydrogens is 444 g/mol. The molecule has 172 valence electrons. The molecule has 0 fully saturated rings. The van der Waals surface area contributed by atoms with Gasteiger partial charge in [0.15, 0.2) is 11.5 Å². The first-order chi connectivity index (χ1) is 15.8. The van der Waals surface area contributed by atoms with E-state index in [4.69, 9.17) is 14.2 Å². The van der Waals surface area contributed by atoms with E-state index >= 15 is 0 Å². The van der Waals surface area contributed by atoms with Crippen LogP contribution < -0.4 is 24.2 Å². The number of nitrogens with one attached hydrogen (secondary N) is 2. The standard InChI is InChI=1S/C24H24N2O6S/c1-16-7-9-19(33(28,29)26-21-6-4-3-5-17(21)2)14-20(16)24(27)25-11-12-30-18-8-10-22-23(13-18)32-15-31-22/h3-10,13-14,26H,11-12,15H2,1-2H3,(H,25,27). The number of carbonyl (C=O) groups excluding carboxylic acids is 1. The summed E-state index contributed by atoms with van der Waals surface area (Å²) >= 11 is 0. The fourth-order valence-electron chi connectivity index (χ4n) is 3.30. The van der Waals surface area contributed by atoms with Gasteiger partial charge in [0.25, 0.3) is 15.9 Å². The Morgan fingerprint density at radius 1 is 0.970 bits per heavy atom. The number of anilines is 1. The molecule has 0 bridgehead atoms. The Morgan fingerprint density at radius 2 is 1.76 bits per heavy atom. The Hall–Kier alpha value is -3.72. The van der Waals surface area contributed by atoms with Crippen molar-refractivity contribution >= 4 is 21.6 Å². The van der Waals surface area contributed by atoms with E-state index in [2.05, 4.69) is 10.0 Å². The maximum absolute atomic E-state index is 12.9. The molecular formula is C24H24N2O6S. The van der Waals surface area contributed by atoms with Gasteiger partial charge in [-0.05, 0) is 55.3 Å². The SMILES string of the molecule is Cc1ccccc1NS(=O)(=O)c1ccc(C)c(C(=O)NCCOc2ccc3c(c2)OCO3)c1. The number of hydrogen-bond donors (Lipinski definition) is 2. The van der Waals surface area contributed by atoms with Crippen molar-refractivity contribution in [3.8, 4) is 17.2 Å². The molecule has 0 atom stereocenters. The molecule has 9 heteroatoms. The average Bonchev–Trinajstić information content (AvgIpc) is 3.26. The summed E-state index contributed by atoms with van der Waals surface area (Å²) in [6.07, 6.45) is 0. The van der Waals surface area contributed by atoms with E-state index in [0.29, 0.717) is 28.5 Å². The highest BCUT2D eigenvalue weighted by molar-refractivity contribution is 7.92. The van der Waals surface area contributed by atoms with E-state index < -0.39 is 10.0 Å². The van der Waals surface area contributed by atoms with Gasteiger partial charge in [-0.3, -0.25) is 9.52 Å². The van der Waals surface area contributed by atoms with E-state index in [0.717, 1.165) is 5.56 Å². The zero-order valence-electron chi connectivity index (χ0n) is 18.3. The Labute approximate surface area is 192 Å². The van der Waals surface area contributed by atoms with Crippen LogP contribution in [0.15, 0.2) is 65.6 Å². The molecule has 4 rings (SSSR count). The second-order valence-corrected chi connectivity index (χ2v) is 9.20. The molecule has 3 aromatic carbocycles. The van der Waals surface area contributed by atoms with Crippen LogP contribution in [0.2, 0.25) is 0 Å². The van der Waals surface area contributed by atoms with Gasteiger partial charge in [0.1, 0.15) is 12.4 Å². The second kappa shape index (κ2) is 9.41. The Kier molecular flexibility index (Phi) is 6.41. The predicted molar refractivity (Wildman–Crippen MR) is 124 cm³/mol. The molecule has 0 aromatic heterocycles. The number of hydrogen-bond acceptors (Lipinski definition) is 6. The lowest BCUT2D eigenvalue weighted by Gasteiger charge is -2.13. The number of para-hydroxylation sites is 1. The lowest BCUT2D eigenvalue weighted by molar-refractivity contribution is 0.0946. The van der Waals surface area contributed by atoms with Crippen LogP contribution in [0.1, 0.15) is 21.5 Å². The quantitative estimate of drug-likeness (QED) is 0.490. The molecule has 0 radical (unpaired) electrons. The van der Waals surface area contributed by atoms with Crippen molar-refractivity contribution in [1.82, 2.24) is 5.32 Å². The minimum absolute atomic E-state index is 0.0121. The summed E-state index contributed by atoms with van der Waals surface area (Å²) in [5.41, 5.74) is 2.24. The zero-order valence-corrected chi connectivity index (χ0v) is 19.1. The number of fused-ring (bicyclic) bond motifs is 1. The average molecular weight is 469 g/mol. The molecule has 1 amide bonds. The summed E-state index contributed by atoms with van der Waals surface area (Å²) in [7, 11) is -3.85. The number of sulfonamides is 1. The van der Waals surface area contributed by atoms with Gasteiger partial charge in [0.2, 0.25) is 6.79 Å². The highest BCUT2D eigenvalue weighted by Crippen LogP contribution is 2.35. The first-order valence-corrected chi connectivity index (χ1v) is 11.8. The third kappa shape index (κ3) is 5.20. The zero-order chi connectivity index (χ0) is 23.4. The summed E-state index contributed by atoms with van der Waals surface area (Å²) in [6.45, 7) is 4.23. The van der Waals surface area contributed by atoms with Gasteiger partial charge in [-0.25, -0.2) is 8.42 Å². The van der Waals surface area contributed by atoms with Crippen molar-refractivity contribution in [3.05, 3.63) is 77.4 Å². The maximum atomic E-state index is 12.9. The predicted octanol–water partition coefficient (Wildman–Crippen LogP) is 3.64. The van der Waals surface area contributed by atoms with Crippen LogP contribution in [-0.2, 0) is 10.0 Å². The van der Waals surface area contributed by atoms with Crippen molar-refractivity contribution in [3.63, 3.8) is 0 Å². The summed E-state index contributed by atoms with van der Waals surface area (Å²) in [6, 6.07) is 16.8. The van der Waals surface area contributed by atoms with Crippen molar-refractivity contribution in [1.29, 1.82) is 0 Å². The first kappa shape index (κ1) is 22.5. The van der Waals surface area contributed by atoms with Crippen LogP contribution >= 0.6 is 0 Å². The summed E-state index contributed by atoms with van der Waals surface area (Å²) < 4.78 is 44.5. The molecule has 3 aromatic rings.